The standard InChI is InChI=1S/C18H24N4O/c23-18-15-5-1-2-6-16(15)20-17(21-18)13-4-3-11-22(12-13)14-7-9-19-10-8-14/h1-2,5-6,13-14,19H,3-4,7-12H2,(H,20,21,23). The van der Waals surface area contributed by atoms with Crippen molar-refractivity contribution in [3.8, 4) is 0 Å². The second-order valence-corrected chi connectivity index (χ2v) is 6.78. The number of hydrogen-bond acceptors (Lipinski definition) is 4. The van der Waals surface area contributed by atoms with Crippen LogP contribution in [0.3, 0.4) is 0 Å². The van der Waals surface area contributed by atoms with Crippen LogP contribution in [-0.4, -0.2) is 47.1 Å². The molecule has 1 aromatic heterocycles. The van der Waals surface area contributed by atoms with Crippen molar-refractivity contribution in [3.05, 3.63) is 40.4 Å². The van der Waals surface area contributed by atoms with E-state index in [4.69, 9.17) is 4.98 Å². The fraction of sp³-hybridized carbons (Fsp3) is 0.556. The minimum atomic E-state index is -0.00964. The molecule has 0 aliphatic carbocycles. The molecule has 0 amide bonds. The summed E-state index contributed by atoms with van der Waals surface area (Å²) in [7, 11) is 0. The average molecular weight is 312 g/mol. The topological polar surface area (TPSA) is 61.0 Å². The molecule has 2 aromatic rings. The maximum absolute atomic E-state index is 12.3. The van der Waals surface area contributed by atoms with Crippen molar-refractivity contribution in [3.63, 3.8) is 0 Å². The molecule has 0 radical (unpaired) electrons. The van der Waals surface area contributed by atoms with Crippen LogP contribution in [0.15, 0.2) is 29.1 Å². The Labute approximate surface area is 136 Å². The number of likely N-dealkylation sites (tertiary alicyclic amines) is 1. The van der Waals surface area contributed by atoms with Crippen LogP contribution in [0.2, 0.25) is 0 Å². The van der Waals surface area contributed by atoms with Gasteiger partial charge in [0.15, 0.2) is 0 Å². The van der Waals surface area contributed by atoms with Gasteiger partial charge < -0.3 is 10.3 Å². The molecule has 0 bridgehead atoms. The second-order valence-electron chi connectivity index (χ2n) is 6.78. The first-order valence-corrected chi connectivity index (χ1v) is 8.75. The highest BCUT2D eigenvalue weighted by atomic mass is 16.1. The van der Waals surface area contributed by atoms with E-state index in [2.05, 4.69) is 15.2 Å². The lowest BCUT2D eigenvalue weighted by atomic mass is 9.93. The van der Waals surface area contributed by atoms with E-state index in [-0.39, 0.29) is 5.56 Å². The smallest absolute Gasteiger partial charge is 0.258 e. The van der Waals surface area contributed by atoms with Gasteiger partial charge in [-0.15, -0.1) is 0 Å². The van der Waals surface area contributed by atoms with E-state index in [1.807, 2.05) is 24.3 Å². The van der Waals surface area contributed by atoms with Crippen molar-refractivity contribution >= 4 is 10.9 Å². The van der Waals surface area contributed by atoms with Crippen LogP contribution in [0.1, 0.15) is 37.4 Å². The molecule has 23 heavy (non-hydrogen) atoms. The first-order valence-electron chi connectivity index (χ1n) is 8.75. The molecule has 1 atom stereocenters. The van der Waals surface area contributed by atoms with Crippen LogP contribution in [0.25, 0.3) is 10.9 Å². The summed E-state index contributed by atoms with van der Waals surface area (Å²) >= 11 is 0. The monoisotopic (exact) mass is 312 g/mol. The van der Waals surface area contributed by atoms with Crippen molar-refractivity contribution in [2.24, 2.45) is 0 Å². The number of rotatable bonds is 2. The summed E-state index contributed by atoms with van der Waals surface area (Å²) < 4.78 is 0. The molecular formula is C18H24N4O. The van der Waals surface area contributed by atoms with Gasteiger partial charge in [-0.1, -0.05) is 12.1 Å². The van der Waals surface area contributed by atoms with E-state index < -0.39 is 0 Å². The molecule has 122 valence electrons. The predicted molar refractivity (Wildman–Crippen MR) is 91.8 cm³/mol. The fourth-order valence-corrected chi connectivity index (χ4v) is 4.03. The number of piperidine rings is 2. The van der Waals surface area contributed by atoms with Crippen molar-refractivity contribution in [2.45, 2.75) is 37.6 Å². The Balaban J connectivity index is 1.58. The first kappa shape index (κ1) is 14.8. The number of nitrogens with one attached hydrogen (secondary N) is 2. The van der Waals surface area contributed by atoms with Gasteiger partial charge in [0.1, 0.15) is 5.82 Å². The number of benzene rings is 1. The molecule has 5 nitrogen and oxygen atoms in total. The quantitative estimate of drug-likeness (QED) is 0.888. The molecule has 2 saturated heterocycles. The Kier molecular flexibility index (Phi) is 4.14. The van der Waals surface area contributed by atoms with Crippen molar-refractivity contribution < 1.29 is 0 Å². The van der Waals surface area contributed by atoms with E-state index in [0.717, 1.165) is 37.4 Å². The first-order chi connectivity index (χ1) is 11.3. The number of aromatic amines is 1. The van der Waals surface area contributed by atoms with Gasteiger partial charge >= 0.3 is 0 Å². The summed E-state index contributed by atoms with van der Waals surface area (Å²) in [6, 6.07) is 8.29. The SMILES string of the molecule is O=c1[nH]c(C2CCCN(C3CCNCC3)C2)nc2ccccc12. The summed E-state index contributed by atoms with van der Waals surface area (Å²) in [4.78, 5) is 22.7. The van der Waals surface area contributed by atoms with Crippen LogP contribution < -0.4 is 10.9 Å². The van der Waals surface area contributed by atoms with Crippen LogP contribution in [0.4, 0.5) is 0 Å². The molecule has 2 aliphatic rings. The van der Waals surface area contributed by atoms with Gasteiger partial charge in [-0.2, -0.15) is 0 Å². The summed E-state index contributed by atoms with van der Waals surface area (Å²) in [6.45, 7) is 4.44. The van der Waals surface area contributed by atoms with Crippen molar-refractivity contribution in [1.82, 2.24) is 20.2 Å². The number of para-hydroxylation sites is 1. The zero-order valence-electron chi connectivity index (χ0n) is 13.4. The van der Waals surface area contributed by atoms with Crippen molar-refractivity contribution in [1.29, 1.82) is 0 Å². The van der Waals surface area contributed by atoms with Crippen LogP contribution in [0, 0.1) is 0 Å². The maximum Gasteiger partial charge on any atom is 0.258 e. The van der Waals surface area contributed by atoms with E-state index >= 15 is 0 Å². The lowest BCUT2D eigenvalue weighted by molar-refractivity contribution is 0.121. The highest BCUT2D eigenvalue weighted by Gasteiger charge is 2.28. The highest BCUT2D eigenvalue weighted by Crippen LogP contribution is 2.27. The number of H-pyrrole nitrogens is 1. The van der Waals surface area contributed by atoms with Gasteiger partial charge in [0.05, 0.1) is 10.9 Å². The third-order valence-electron chi connectivity index (χ3n) is 5.30. The second kappa shape index (κ2) is 6.42. The Morgan fingerprint density at radius 3 is 2.83 bits per heavy atom. The van der Waals surface area contributed by atoms with E-state index in [0.29, 0.717) is 17.3 Å². The number of fused-ring (bicyclic) bond motifs is 1. The van der Waals surface area contributed by atoms with Gasteiger partial charge in [0.25, 0.3) is 5.56 Å². The lowest BCUT2D eigenvalue weighted by Crippen LogP contribution is -2.47. The van der Waals surface area contributed by atoms with E-state index in [9.17, 15) is 4.79 Å². The minimum absolute atomic E-state index is 0.00964. The molecule has 4 rings (SSSR count). The van der Waals surface area contributed by atoms with Crippen LogP contribution in [-0.2, 0) is 0 Å². The Morgan fingerprint density at radius 1 is 1.13 bits per heavy atom. The summed E-state index contributed by atoms with van der Waals surface area (Å²) in [5.74, 6) is 1.21. The summed E-state index contributed by atoms with van der Waals surface area (Å²) in [5, 5.41) is 4.12. The zero-order chi connectivity index (χ0) is 15.6. The molecular weight excluding hydrogens is 288 g/mol. The molecule has 2 fully saturated rings. The normalized spacial score (nSPS) is 24.1. The van der Waals surface area contributed by atoms with Crippen molar-refractivity contribution in [2.75, 3.05) is 26.2 Å². The largest absolute Gasteiger partial charge is 0.317 e. The molecule has 0 spiro atoms. The Morgan fingerprint density at radius 2 is 1.96 bits per heavy atom. The average Bonchev–Trinajstić information content (AvgIpc) is 2.62. The number of nitrogens with zero attached hydrogens (tertiary/aromatic N) is 2. The van der Waals surface area contributed by atoms with Crippen LogP contribution in [0.5, 0.6) is 0 Å². The molecule has 3 heterocycles. The third-order valence-corrected chi connectivity index (χ3v) is 5.30. The van der Waals surface area contributed by atoms with Crippen LogP contribution >= 0.6 is 0 Å². The van der Waals surface area contributed by atoms with Gasteiger partial charge in [0, 0.05) is 18.5 Å². The van der Waals surface area contributed by atoms with Gasteiger partial charge in [-0.25, -0.2) is 4.98 Å². The lowest BCUT2D eigenvalue weighted by Gasteiger charge is -2.39. The highest BCUT2D eigenvalue weighted by molar-refractivity contribution is 5.77. The molecule has 1 unspecified atom stereocenters. The summed E-state index contributed by atoms with van der Waals surface area (Å²) in [5.41, 5.74) is 0.801. The summed E-state index contributed by atoms with van der Waals surface area (Å²) in [6.07, 6.45) is 4.76. The van der Waals surface area contributed by atoms with Gasteiger partial charge in [0.2, 0.25) is 0 Å². The molecule has 5 heteroatoms. The predicted octanol–water partition coefficient (Wildman–Crippen LogP) is 1.85. The molecule has 2 aliphatic heterocycles. The number of hydrogen-bond donors (Lipinski definition) is 2. The molecule has 0 saturated carbocycles. The Bertz CT molecular complexity index is 735. The molecule has 2 N–H and O–H groups in total. The zero-order valence-corrected chi connectivity index (χ0v) is 13.4. The third kappa shape index (κ3) is 3.03. The minimum Gasteiger partial charge on any atom is -0.317 e. The van der Waals surface area contributed by atoms with E-state index in [1.165, 1.54) is 25.8 Å². The van der Waals surface area contributed by atoms with Gasteiger partial charge in [-0.05, 0) is 57.5 Å². The molecule has 1 aromatic carbocycles. The van der Waals surface area contributed by atoms with Gasteiger partial charge in [-0.3, -0.25) is 9.69 Å². The number of aromatic nitrogens is 2. The Hall–Kier alpha value is -1.72. The maximum atomic E-state index is 12.3. The fourth-order valence-electron chi connectivity index (χ4n) is 4.03. The van der Waals surface area contributed by atoms with E-state index in [1.54, 1.807) is 0 Å².